The van der Waals surface area contributed by atoms with Crippen molar-refractivity contribution in [2.45, 2.75) is 96.2 Å². The summed E-state index contributed by atoms with van der Waals surface area (Å²) in [5, 5.41) is 21.0. The number of aliphatic carboxylic acids is 1. The number of carboxylic acids is 1. The van der Waals surface area contributed by atoms with E-state index in [-0.39, 0.29) is 42.7 Å². The van der Waals surface area contributed by atoms with Gasteiger partial charge in [0.25, 0.3) is 18.7 Å². The van der Waals surface area contributed by atoms with E-state index in [2.05, 4.69) is 29.1 Å². The highest BCUT2D eigenvalue weighted by molar-refractivity contribution is 6.01. The first-order valence-corrected chi connectivity index (χ1v) is 13.9. The lowest BCUT2D eigenvalue weighted by molar-refractivity contribution is -0.140. The van der Waals surface area contributed by atoms with Gasteiger partial charge in [-0.1, -0.05) is 41.6 Å². The molecule has 4 rings (SSSR count). The Morgan fingerprint density at radius 2 is 1.87 bits per heavy atom. The summed E-state index contributed by atoms with van der Waals surface area (Å²) in [5.74, 6) is -0.329. The molecule has 2 unspecified atom stereocenters. The van der Waals surface area contributed by atoms with Crippen molar-refractivity contribution in [1.82, 2.24) is 0 Å². The van der Waals surface area contributed by atoms with Crippen molar-refractivity contribution in [3.05, 3.63) is 33.0 Å². The summed E-state index contributed by atoms with van der Waals surface area (Å²) in [5.41, 5.74) is -1.63. The van der Waals surface area contributed by atoms with Crippen LogP contribution in [0.1, 0.15) is 79.1 Å². The molecule has 0 amide bonds. The molecule has 2 saturated carbocycles. The fourth-order valence-corrected chi connectivity index (χ4v) is 8.92. The molecule has 0 radical (unpaired) electrons. The lowest BCUT2D eigenvalue weighted by Crippen LogP contribution is -2.64. The van der Waals surface area contributed by atoms with Gasteiger partial charge in [0.05, 0.1) is 29.3 Å². The summed E-state index contributed by atoms with van der Waals surface area (Å²) in [6.45, 7) is 23.8. The van der Waals surface area contributed by atoms with Gasteiger partial charge in [-0.3, -0.25) is 14.4 Å². The lowest BCUT2D eigenvalue weighted by atomic mass is 9.44. The van der Waals surface area contributed by atoms with Gasteiger partial charge in [0, 0.05) is 30.8 Å². The zero-order chi connectivity index (χ0) is 29.1. The third kappa shape index (κ3) is 3.61. The maximum atomic E-state index is 14.2. The SMILES string of the molecule is C#C[C@@H]1C(=O)CC[C@]2(C)C3=C(C(O)C[C@@]12[N+]#C)[C@@H]1CC[C@]([N+]#C)([C@H](C)CCC(=C)C(C)C(=O)O)[C@@]1(C)CC3=O. The number of Topliss-reactive ketones (excluding diaryl/α,β-unsaturated/α-hetero) is 2. The van der Waals surface area contributed by atoms with Crippen molar-refractivity contribution in [3.8, 4) is 25.5 Å². The van der Waals surface area contributed by atoms with Crippen LogP contribution in [0.2, 0.25) is 0 Å². The van der Waals surface area contributed by atoms with Crippen molar-refractivity contribution < 1.29 is 24.6 Å². The molecule has 4 aliphatic rings. The van der Waals surface area contributed by atoms with E-state index in [1.54, 1.807) is 6.92 Å². The van der Waals surface area contributed by atoms with Gasteiger partial charge in [0.1, 0.15) is 0 Å². The number of terminal acetylenes is 1. The molecule has 7 nitrogen and oxygen atoms in total. The van der Waals surface area contributed by atoms with Gasteiger partial charge in [-0.2, -0.15) is 0 Å². The van der Waals surface area contributed by atoms with E-state index < -0.39 is 45.8 Å². The highest BCUT2D eigenvalue weighted by atomic mass is 16.4. The fraction of sp³-hybridized carbons (Fsp3) is 0.656. The molecule has 206 valence electrons. The Bertz CT molecular complexity index is 1310. The molecule has 0 aromatic heterocycles. The highest BCUT2D eigenvalue weighted by Crippen LogP contribution is 2.69. The van der Waals surface area contributed by atoms with Gasteiger partial charge >= 0.3 is 11.5 Å². The van der Waals surface area contributed by atoms with Crippen molar-refractivity contribution in [1.29, 1.82) is 0 Å². The molecule has 0 aromatic carbocycles. The molecular weight excluding hydrogens is 492 g/mol. The maximum absolute atomic E-state index is 14.2. The Morgan fingerprint density at radius 1 is 1.21 bits per heavy atom. The van der Waals surface area contributed by atoms with Crippen LogP contribution in [0.3, 0.4) is 0 Å². The van der Waals surface area contributed by atoms with Crippen molar-refractivity contribution in [2.24, 2.45) is 34.5 Å². The van der Waals surface area contributed by atoms with Crippen LogP contribution >= 0.6 is 0 Å². The molecule has 0 saturated heterocycles. The van der Waals surface area contributed by atoms with Gasteiger partial charge in [-0.05, 0) is 51.0 Å². The van der Waals surface area contributed by atoms with Crippen LogP contribution in [-0.2, 0) is 14.4 Å². The summed E-state index contributed by atoms with van der Waals surface area (Å²) in [7, 11) is 0. The molecule has 0 aromatic rings. The second kappa shape index (κ2) is 9.46. The minimum Gasteiger partial charge on any atom is -0.481 e. The Labute approximate surface area is 231 Å². The smallest absolute Gasteiger partial charge is 0.313 e. The zero-order valence-corrected chi connectivity index (χ0v) is 23.5. The molecule has 39 heavy (non-hydrogen) atoms. The maximum Gasteiger partial charge on any atom is 0.313 e. The van der Waals surface area contributed by atoms with Gasteiger partial charge in [-0.25, -0.2) is 0 Å². The van der Waals surface area contributed by atoms with Crippen molar-refractivity contribution in [2.75, 3.05) is 0 Å². The largest absolute Gasteiger partial charge is 0.481 e. The fourth-order valence-electron chi connectivity index (χ4n) is 8.92. The molecule has 4 aliphatic carbocycles. The minimum absolute atomic E-state index is 0.0576. The van der Waals surface area contributed by atoms with Crippen LogP contribution < -0.4 is 0 Å². The average Bonchev–Trinajstić information content (AvgIpc) is 3.19. The van der Waals surface area contributed by atoms with E-state index in [0.29, 0.717) is 48.8 Å². The molecule has 0 bridgehead atoms. The number of fused-ring (bicyclic) bond motifs is 4. The Morgan fingerprint density at radius 3 is 2.44 bits per heavy atom. The topological polar surface area (TPSA) is 100 Å². The molecule has 2 N–H and O–H groups in total. The van der Waals surface area contributed by atoms with E-state index in [9.17, 15) is 24.6 Å². The third-order valence-electron chi connectivity index (χ3n) is 11.4. The first kappa shape index (κ1) is 28.8. The van der Waals surface area contributed by atoms with Crippen LogP contribution in [0.25, 0.3) is 9.69 Å². The van der Waals surface area contributed by atoms with Crippen LogP contribution in [0.15, 0.2) is 23.3 Å². The molecule has 7 heteroatoms. The van der Waals surface area contributed by atoms with E-state index in [1.807, 2.05) is 13.8 Å². The second-order valence-corrected chi connectivity index (χ2v) is 12.8. The van der Waals surface area contributed by atoms with Crippen LogP contribution in [0, 0.1) is 60.0 Å². The second-order valence-electron chi connectivity index (χ2n) is 12.8. The molecule has 0 spiro atoms. The standard InChI is InChI=1S/C32H39N2O5/c1-9-21-23(35)13-14-29(5)27-25(37)16-30(6)22(26(27)24(36)17-32(21,29)34-8)12-15-31(30,33-7)19(3)11-10-18(2)20(4)28(38)39/h1,7-8,19-22,24,36H,2,10-17H2,3-6H3/q+1/p+1/t19-,20?,21-,22+,24?,29-,30+,31+,32-/m1/s1. The summed E-state index contributed by atoms with van der Waals surface area (Å²) in [4.78, 5) is 47.2. The van der Waals surface area contributed by atoms with Gasteiger partial charge in [0.2, 0.25) is 0 Å². The molecule has 0 aliphatic heterocycles. The number of hydrogen-bond acceptors (Lipinski definition) is 4. The van der Waals surface area contributed by atoms with E-state index >= 15 is 0 Å². The van der Waals surface area contributed by atoms with Crippen LogP contribution in [0.4, 0.5) is 0 Å². The summed E-state index contributed by atoms with van der Waals surface area (Å²) >= 11 is 0. The Hall–Kier alpha value is -3.21. The van der Waals surface area contributed by atoms with E-state index in [4.69, 9.17) is 19.6 Å². The average molecular weight is 533 g/mol. The quantitative estimate of drug-likeness (QED) is 0.364. The summed E-state index contributed by atoms with van der Waals surface area (Å²) in [6, 6.07) is 0. The molecule has 9 atom stereocenters. The number of carboxylic acid groups (broad SMARTS) is 1. The normalized spacial score (nSPS) is 40.7. The molecule has 0 heterocycles. The number of aliphatic hydroxyl groups excluding tert-OH is 1. The lowest BCUT2D eigenvalue weighted by Gasteiger charge is -2.54. The number of ketones is 2. The summed E-state index contributed by atoms with van der Waals surface area (Å²) < 4.78 is 0. The molecular formula is C32H40N2O5+2. The van der Waals surface area contributed by atoms with Gasteiger partial charge in [0.15, 0.2) is 17.5 Å². The van der Waals surface area contributed by atoms with Crippen LogP contribution in [-0.4, -0.2) is 44.9 Å². The predicted molar refractivity (Wildman–Crippen MR) is 149 cm³/mol. The monoisotopic (exact) mass is 532 g/mol. The number of carbonyl (C=O) groups is 3. The van der Waals surface area contributed by atoms with E-state index in [0.717, 1.165) is 0 Å². The third-order valence-corrected chi connectivity index (χ3v) is 11.4. The van der Waals surface area contributed by atoms with Crippen molar-refractivity contribution >= 4 is 17.5 Å². The highest BCUT2D eigenvalue weighted by Gasteiger charge is 2.77. The van der Waals surface area contributed by atoms with Gasteiger partial charge in [-0.15, -0.1) is 6.42 Å². The number of rotatable bonds is 6. The van der Waals surface area contributed by atoms with Gasteiger partial charge < -0.3 is 10.2 Å². The number of aliphatic hydroxyl groups is 1. The first-order chi connectivity index (χ1) is 18.2. The van der Waals surface area contributed by atoms with Crippen molar-refractivity contribution in [3.63, 3.8) is 0 Å². The predicted octanol–water partition coefficient (Wildman–Crippen LogP) is 5.15. The number of carbonyl (C=O) groups excluding carboxylic acids is 2. The Balaban J connectivity index is 1.77. The number of nitrogens with zero attached hydrogens (tertiary/aromatic N) is 2. The first-order valence-electron chi connectivity index (χ1n) is 13.9. The zero-order valence-electron chi connectivity index (χ0n) is 23.5. The Kier molecular flexibility index (Phi) is 6.99. The number of hydrogen-bond donors (Lipinski definition) is 2. The minimum atomic E-state index is -1.25. The molecule has 2 fully saturated rings. The van der Waals surface area contributed by atoms with E-state index in [1.165, 1.54) is 0 Å². The summed E-state index contributed by atoms with van der Waals surface area (Å²) in [6.07, 6.45) is 8.12. The van der Waals surface area contributed by atoms with Crippen LogP contribution in [0.5, 0.6) is 0 Å².